The molecule has 1 aromatic heterocycles. The van der Waals surface area contributed by atoms with Crippen molar-refractivity contribution in [1.82, 2.24) is 20.0 Å². The molecule has 1 aliphatic heterocycles. The van der Waals surface area contributed by atoms with E-state index in [0.717, 1.165) is 18.8 Å². The summed E-state index contributed by atoms with van der Waals surface area (Å²) in [5.74, 6) is 0.281. The maximum absolute atomic E-state index is 12.5. The molecule has 3 rings (SSSR count). The molecule has 0 saturated carbocycles. The fraction of sp³-hybridized carbons (Fsp3) is 0.474. The fourth-order valence-corrected chi connectivity index (χ4v) is 3.26. The van der Waals surface area contributed by atoms with Crippen molar-refractivity contribution in [2.45, 2.75) is 32.2 Å². The Balaban J connectivity index is 1.62. The molecule has 1 aliphatic rings. The van der Waals surface area contributed by atoms with E-state index in [2.05, 4.69) is 22.2 Å². The average molecular weight is 342 g/mol. The first-order chi connectivity index (χ1) is 12.2. The smallest absolute Gasteiger partial charge is 0.275 e. The highest BCUT2D eigenvalue weighted by Crippen LogP contribution is 2.19. The van der Waals surface area contributed by atoms with Crippen molar-refractivity contribution in [1.29, 1.82) is 0 Å². The molecule has 1 aromatic carbocycles. The monoisotopic (exact) mass is 342 g/mol. The molecule has 0 bridgehead atoms. The number of amides is 1. The second-order valence-corrected chi connectivity index (χ2v) is 6.46. The highest BCUT2D eigenvalue weighted by atomic mass is 16.5. The van der Waals surface area contributed by atoms with E-state index in [1.807, 2.05) is 30.3 Å². The van der Waals surface area contributed by atoms with E-state index in [0.29, 0.717) is 24.0 Å². The van der Waals surface area contributed by atoms with Crippen molar-refractivity contribution in [3.05, 3.63) is 42.2 Å². The summed E-state index contributed by atoms with van der Waals surface area (Å²) in [6.45, 7) is 4.85. The number of ether oxygens (including phenoxy) is 1. The summed E-state index contributed by atoms with van der Waals surface area (Å²) < 4.78 is 6.99. The number of aromatic nitrogens is 2. The van der Waals surface area contributed by atoms with Crippen LogP contribution in [0.5, 0.6) is 5.75 Å². The number of piperidine rings is 1. The zero-order valence-electron chi connectivity index (χ0n) is 14.9. The van der Waals surface area contributed by atoms with Gasteiger partial charge in [0.05, 0.1) is 19.0 Å². The number of hydrogen-bond acceptors (Lipinski definition) is 4. The summed E-state index contributed by atoms with van der Waals surface area (Å²) in [6, 6.07) is 10.3. The number of nitrogens with zero attached hydrogens (tertiary/aromatic N) is 3. The maximum atomic E-state index is 12.5. The van der Waals surface area contributed by atoms with E-state index >= 15 is 0 Å². The van der Waals surface area contributed by atoms with Crippen LogP contribution in [0.1, 0.15) is 36.7 Å². The van der Waals surface area contributed by atoms with E-state index in [1.54, 1.807) is 18.0 Å². The second-order valence-electron chi connectivity index (χ2n) is 6.46. The summed E-state index contributed by atoms with van der Waals surface area (Å²) in [5.41, 5.74) is 1.21. The van der Waals surface area contributed by atoms with Gasteiger partial charge in [-0.15, -0.1) is 0 Å². The maximum Gasteiger partial charge on any atom is 0.275 e. The van der Waals surface area contributed by atoms with E-state index in [1.165, 1.54) is 19.3 Å². The Morgan fingerprint density at radius 3 is 2.84 bits per heavy atom. The lowest BCUT2D eigenvalue weighted by molar-refractivity contribution is 0.0930. The summed E-state index contributed by atoms with van der Waals surface area (Å²) in [4.78, 5) is 14.9. The first kappa shape index (κ1) is 17.5. The predicted octanol–water partition coefficient (Wildman–Crippen LogP) is 2.49. The molecule has 1 fully saturated rings. The molecule has 0 aliphatic carbocycles. The second kappa shape index (κ2) is 8.16. The van der Waals surface area contributed by atoms with Crippen LogP contribution >= 0.6 is 0 Å². The Bertz CT molecular complexity index is 699. The van der Waals surface area contributed by atoms with Gasteiger partial charge in [-0.3, -0.25) is 9.69 Å². The number of likely N-dealkylation sites (tertiary alicyclic amines) is 1. The third-order valence-corrected chi connectivity index (χ3v) is 4.76. The van der Waals surface area contributed by atoms with Crippen LogP contribution in [0.3, 0.4) is 0 Å². The van der Waals surface area contributed by atoms with E-state index in [9.17, 15) is 4.79 Å². The summed E-state index contributed by atoms with van der Waals surface area (Å²) in [6.07, 6.45) is 5.52. The van der Waals surface area contributed by atoms with Gasteiger partial charge in [-0.2, -0.15) is 5.10 Å². The fourth-order valence-electron chi connectivity index (χ4n) is 3.26. The van der Waals surface area contributed by atoms with Crippen LogP contribution in [0.15, 0.2) is 36.5 Å². The third-order valence-electron chi connectivity index (χ3n) is 4.76. The van der Waals surface area contributed by atoms with Gasteiger partial charge in [0.25, 0.3) is 5.91 Å². The highest BCUT2D eigenvalue weighted by Gasteiger charge is 2.20. The molecule has 1 atom stereocenters. The first-order valence-corrected chi connectivity index (χ1v) is 8.90. The number of methoxy groups -OCH3 is 1. The first-order valence-electron chi connectivity index (χ1n) is 8.90. The van der Waals surface area contributed by atoms with Crippen LogP contribution in [-0.4, -0.2) is 53.4 Å². The van der Waals surface area contributed by atoms with Gasteiger partial charge in [0.1, 0.15) is 0 Å². The molecule has 0 unspecified atom stereocenters. The van der Waals surface area contributed by atoms with Gasteiger partial charge in [-0.25, -0.2) is 4.68 Å². The van der Waals surface area contributed by atoms with Gasteiger partial charge in [0.2, 0.25) is 0 Å². The minimum absolute atomic E-state index is 0.198. The molecule has 134 valence electrons. The third kappa shape index (κ3) is 4.20. The molecule has 0 spiro atoms. The minimum Gasteiger partial charge on any atom is -0.493 e. The molecule has 25 heavy (non-hydrogen) atoms. The number of rotatable bonds is 6. The number of benzene rings is 1. The van der Waals surface area contributed by atoms with Crippen molar-refractivity contribution in [3.63, 3.8) is 0 Å². The van der Waals surface area contributed by atoms with Gasteiger partial charge in [-0.05, 0) is 38.4 Å². The molecule has 2 aromatic rings. The van der Waals surface area contributed by atoms with E-state index < -0.39 is 0 Å². The molecule has 2 heterocycles. The van der Waals surface area contributed by atoms with Crippen LogP contribution in [-0.2, 0) is 0 Å². The largest absolute Gasteiger partial charge is 0.493 e. The van der Waals surface area contributed by atoms with Crippen LogP contribution in [0.25, 0.3) is 5.69 Å². The molecular formula is C19H26N4O2. The number of hydrogen-bond donors (Lipinski definition) is 1. The minimum atomic E-state index is -0.198. The SMILES string of the molecule is COc1cn(-c2ccccc2)nc1C(=O)NCCN1CCCC[C@@H]1C. The molecule has 1 amide bonds. The number of carbonyl (C=O) groups excluding carboxylic acids is 1. The standard InChI is InChI=1S/C19H26N4O2/c1-15-8-6-7-12-22(15)13-11-20-19(24)18-17(25-2)14-23(21-18)16-9-4-3-5-10-16/h3-5,9-10,14-15H,6-8,11-13H2,1-2H3,(H,20,24)/t15-/m0/s1. The van der Waals surface area contributed by atoms with Gasteiger partial charge < -0.3 is 10.1 Å². The Morgan fingerprint density at radius 1 is 1.32 bits per heavy atom. The van der Waals surface area contributed by atoms with E-state index in [4.69, 9.17) is 4.74 Å². The van der Waals surface area contributed by atoms with Crippen molar-refractivity contribution in [2.24, 2.45) is 0 Å². The lowest BCUT2D eigenvalue weighted by Gasteiger charge is -2.33. The highest BCUT2D eigenvalue weighted by molar-refractivity contribution is 5.94. The van der Waals surface area contributed by atoms with E-state index in [-0.39, 0.29) is 5.91 Å². The molecule has 6 heteroatoms. The van der Waals surface area contributed by atoms with Crippen LogP contribution < -0.4 is 10.1 Å². The summed E-state index contributed by atoms with van der Waals surface area (Å²) in [5, 5.41) is 7.37. The molecular weight excluding hydrogens is 316 g/mol. The van der Waals surface area contributed by atoms with Gasteiger partial charge in [0.15, 0.2) is 11.4 Å². The Labute approximate surface area is 148 Å². The van der Waals surface area contributed by atoms with Crippen molar-refractivity contribution < 1.29 is 9.53 Å². The normalized spacial score (nSPS) is 18.1. The number of para-hydroxylation sites is 1. The summed E-state index contributed by atoms with van der Waals surface area (Å²) in [7, 11) is 1.55. The summed E-state index contributed by atoms with van der Waals surface area (Å²) >= 11 is 0. The quantitative estimate of drug-likeness (QED) is 0.876. The Morgan fingerprint density at radius 2 is 2.12 bits per heavy atom. The average Bonchev–Trinajstić information content (AvgIpc) is 3.08. The molecule has 1 saturated heterocycles. The van der Waals surface area contributed by atoms with Crippen molar-refractivity contribution in [2.75, 3.05) is 26.7 Å². The zero-order chi connectivity index (χ0) is 17.6. The molecule has 6 nitrogen and oxygen atoms in total. The number of nitrogens with one attached hydrogen (secondary N) is 1. The predicted molar refractivity (Wildman–Crippen MR) is 97.3 cm³/mol. The lowest BCUT2D eigenvalue weighted by Crippen LogP contribution is -2.42. The Hall–Kier alpha value is -2.34. The number of carbonyl (C=O) groups is 1. The molecule has 0 radical (unpaired) electrons. The van der Waals surface area contributed by atoms with Gasteiger partial charge >= 0.3 is 0 Å². The lowest BCUT2D eigenvalue weighted by atomic mass is 10.0. The van der Waals surface area contributed by atoms with Crippen molar-refractivity contribution in [3.8, 4) is 11.4 Å². The van der Waals surface area contributed by atoms with Gasteiger partial charge in [0, 0.05) is 19.1 Å². The topological polar surface area (TPSA) is 59.4 Å². The Kier molecular flexibility index (Phi) is 5.71. The van der Waals surface area contributed by atoms with Crippen LogP contribution in [0.2, 0.25) is 0 Å². The van der Waals surface area contributed by atoms with Crippen LogP contribution in [0.4, 0.5) is 0 Å². The molecule has 1 N–H and O–H groups in total. The van der Waals surface area contributed by atoms with Crippen LogP contribution in [0, 0.1) is 0 Å². The van der Waals surface area contributed by atoms with Gasteiger partial charge in [-0.1, -0.05) is 24.6 Å². The zero-order valence-corrected chi connectivity index (χ0v) is 14.9. The van der Waals surface area contributed by atoms with Crippen molar-refractivity contribution >= 4 is 5.91 Å².